The average molecular weight is 336 g/mol. The van der Waals surface area contributed by atoms with Gasteiger partial charge in [0.05, 0.1) is 17.7 Å². The first-order valence-corrected chi connectivity index (χ1v) is 7.32. The Labute approximate surface area is 141 Å². The number of carbonyl (C=O) groups excluding carboxylic acids is 2. The third-order valence-corrected chi connectivity index (χ3v) is 3.51. The summed E-state index contributed by atoms with van der Waals surface area (Å²) >= 11 is 0. The molecule has 8 heteroatoms. The van der Waals surface area contributed by atoms with E-state index in [9.17, 15) is 19.7 Å². The predicted molar refractivity (Wildman–Crippen MR) is 87.3 cm³/mol. The van der Waals surface area contributed by atoms with E-state index in [-0.39, 0.29) is 16.9 Å². The summed E-state index contributed by atoms with van der Waals surface area (Å²) in [5, 5.41) is 18.2. The molecule has 1 aromatic heterocycles. The molecule has 3 rings (SSSR count). The van der Waals surface area contributed by atoms with Crippen molar-refractivity contribution in [3.63, 3.8) is 0 Å². The maximum absolute atomic E-state index is 12.2. The van der Waals surface area contributed by atoms with Crippen LogP contribution in [-0.2, 0) is 6.54 Å². The van der Waals surface area contributed by atoms with Crippen molar-refractivity contribution >= 4 is 17.3 Å². The molecule has 0 N–H and O–H groups in total. The zero-order valence-corrected chi connectivity index (χ0v) is 12.9. The van der Waals surface area contributed by atoms with Crippen LogP contribution in [0.15, 0.2) is 60.8 Å². The summed E-state index contributed by atoms with van der Waals surface area (Å²) < 4.78 is 1.46. The molecule has 0 unspecified atom stereocenters. The summed E-state index contributed by atoms with van der Waals surface area (Å²) in [5.74, 6) is -1.60. The number of non-ortho nitro benzene ring substituents is 1. The van der Waals surface area contributed by atoms with Gasteiger partial charge in [-0.15, -0.1) is 5.10 Å². The molecule has 0 atom stereocenters. The van der Waals surface area contributed by atoms with E-state index in [1.165, 1.54) is 35.1 Å². The number of rotatable bonds is 6. The minimum Gasteiger partial charge on any atom is -0.285 e. The highest BCUT2D eigenvalue weighted by atomic mass is 16.6. The van der Waals surface area contributed by atoms with Crippen LogP contribution in [0.1, 0.15) is 26.4 Å². The number of Topliss-reactive ketones (excluding diaryl/α,β-unsaturated/α-hetero) is 2. The van der Waals surface area contributed by atoms with Gasteiger partial charge in [-0.05, 0) is 17.7 Å². The predicted octanol–water partition coefficient (Wildman–Crippen LogP) is 2.30. The lowest BCUT2D eigenvalue weighted by atomic mass is 10.1. The molecule has 0 spiro atoms. The molecule has 0 radical (unpaired) electrons. The van der Waals surface area contributed by atoms with Gasteiger partial charge < -0.3 is 0 Å². The smallest absolute Gasteiger partial charge is 0.269 e. The Morgan fingerprint density at radius 3 is 2.32 bits per heavy atom. The Bertz CT molecular complexity index is 933. The Hall–Kier alpha value is -3.68. The first kappa shape index (κ1) is 16.2. The number of ketones is 2. The number of hydrogen-bond donors (Lipinski definition) is 0. The lowest BCUT2D eigenvalue weighted by molar-refractivity contribution is -0.384. The molecular weight excluding hydrogens is 324 g/mol. The van der Waals surface area contributed by atoms with Crippen LogP contribution in [0, 0.1) is 10.1 Å². The van der Waals surface area contributed by atoms with Crippen LogP contribution in [0.4, 0.5) is 5.69 Å². The molecule has 25 heavy (non-hydrogen) atoms. The van der Waals surface area contributed by atoms with Crippen molar-refractivity contribution in [2.45, 2.75) is 6.54 Å². The maximum atomic E-state index is 12.2. The summed E-state index contributed by atoms with van der Waals surface area (Å²) in [5.41, 5.74) is 0.818. The average Bonchev–Trinajstić information content (AvgIpc) is 3.10. The molecule has 124 valence electrons. The van der Waals surface area contributed by atoms with Crippen LogP contribution < -0.4 is 0 Å². The SMILES string of the molecule is O=C(C(=O)c1cn(Cc2ccccc2)nn1)c1ccc([N+](=O)[O-])cc1. The van der Waals surface area contributed by atoms with Crippen LogP contribution in [0.5, 0.6) is 0 Å². The van der Waals surface area contributed by atoms with E-state index < -0.39 is 16.5 Å². The zero-order chi connectivity index (χ0) is 17.8. The second-order valence-electron chi connectivity index (χ2n) is 5.25. The van der Waals surface area contributed by atoms with Gasteiger partial charge in [-0.2, -0.15) is 0 Å². The Balaban J connectivity index is 1.74. The molecule has 0 aliphatic rings. The number of nitro groups is 1. The number of aromatic nitrogens is 3. The Morgan fingerprint density at radius 2 is 1.68 bits per heavy atom. The fraction of sp³-hybridized carbons (Fsp3) is 0.0588. The quantitative estimate of drug-likeness (QED) is 0.296. The summed E-state index contributed by atoms with van der Waals surface area (Å²) in [7, 11) is 0. The molecule has 0 aliphatic carbocycles. The third-order valence-electron chi connectivity index (χ3n) is 3.51. The van der Waals surface area contributed by atoms with E-state index in [0.29, 0.717) is 6.54 Å². The Kier molecular flexibility index (Phi) is 4.42. The number of nitro benzene ring substituents is 1. The molecular formula is C17H12N4O4. The normalized spacial score (nSPS) is 10.4. The molecule has 3 aromatic rings. The van der Waals surface area contributed by atoms with Gasteiger partial charge in [0.1, 0.15) is 0 Å². The van der Waals surface area contributed by atoms with Gasteiger partial charge >= 0.3 is 0 Å². The van der Waals surface area contributed by atoms with Gasteiger partial charge in [0, 0.05) is 17.7 Å². The maximum Gasteiger partial charge on any atom is 0.269 e. The highest BCUT2D eigenvalue weighted by Crippen LogP contribution is 2.14. The van der Waals surface area contributed by atoms with Gasteiger partial charge in [-0.3, -0.25) is 19.7 Å². The topological polar surface area (TPSA) is 108 Å². The fourth-order valence-electron chi connectivity index (χ4n) is 2.23. The lowest BCUT2D eigenvalue weighted by Crippen LogP contribution is -2.15. The molecule has 0 aliphatic heterocycles. The first-order valence-electron chi connectivity index (χ1n) is 7.32. The number of nitrogens with zero attached hydrogens (tertiary/aromatic N) is 4. The van der Waals surface area contributed by atoms with Crippen LogP contribution >= 0.6 is 0 Å². The van der Waals surface area contributed by atoms with Gasteiger partial charge in [-0.25, -0.2) is 4.68 Å². The summed E-state index contributed by atoms with van der Waals surface area (Å²) in [6.45, 7) is 0.423. The largest absolute Gasteiger partial charge is 0.285 e. The van der Waals surface area contributed by atoms with Crippen LogP contribution in [0.25, 0.3) is 0 Å². The van der Waals surface area contributed by atoms with Crippen LogP contribution in [0.2, 0.25) is 0 Å². The number of benzene rings is 2. The molecule has 0 amide bonds. The minimum absolute atomic E-state index is 0.0632. The molecule has 0 fully saturated rings. The third kappa shape index (κ3) is 3.63. The van der Waals surface area contributed by atoms with Crippen LogP contribution in [-0.4, -0.2) is 31.5 Å². The van der Waals surface area contributed by atoms with E-state index in [0.717, 1.165) is 5.56 Å². The van der Waals surface area contributed by atoms with Crippen molar-refractivity contribution in [1.82, 2.24) is 15.0 Å². The minimum atomic E-state index is -0.812. The molecule has 2 aromatic carbocycles. The second-order valence-corrected chi connectivity index (χ2v) is 5.25. The molecule has 0 bridgehead atoms. The van der Waals surface area contributed by atoms with E-state index >= 15 is 0 Å². The van der Waals surface area contributed by atoms with E-state index in [4.69, 9.17) is 0 Å². The van der Waals surface area contributed by atoms with Crippen LogP contribution in [0.3, 0.4) is 0 Å². The van der Waals surface area contributed by atoms with Crippen molar-refractivity contribution in [3.8, 4) is 0 Å². The lowest BCUT2D eigenvalue weighted by Gasteiger charge is -1.99. The van der Waals surface area contributed by atoms with Crippen molar-refractivity contribution in [2.75, 3.05) is 0 Å². The molecule has 8 nitrogen and oxygen atoms in total. The Morgan fingerprint density at radius 1 is 1.00 bits per heavy atom. The molecule has 1 heterocycles. The highest BCUT2D eigenvalue weighted by molar-refractivity contribution is 6.48. The standard InChI is InChI=1S/C17H12N4O4/c22-16(13-6-8-14(9-7-13)21(24)25)17(23)15-11-20(19-18-15)10-12-4-2-1-3-5-12/h1-9,11H,10H2. The van der Waals surface area contributed by atoms with E-state index in [1.54, 1.807) is 0 Å². The van der Waals surface area contributed by atoms with Crippen molar-refractivity contribution in [2.24, 2.45) is 0 Å². The van der Waals surface area contributed by atoms with E-state index in [1.807, 2.05) is 30.3 Å². The van der Waals surface area contributed by atoms with Crippen molar-refractivity contribution in [3.05, 3.63) is 87.7 Å². The highest BCUT2D eigenvalue weighted by Gasteiger charge is 2.22. The first-order chi connectivity index (χ1) is 12.0. The summed E-state index contributed by atoms with van der Waals surface area (Å²) in [6, 6.07) is 14.3. The van der Waals surface area contributed by atoms with Gasteiger partial charge in [0.15, 0.2) is 5.69 Å². The number of hydrogen-bond acceptors (Lipinski definition) is 6. The van der Waals surface area contributed by atoms with Crippen molar-refractivity contribution < 1.29 is 14.5 Å². The van der Waals surface area contributed by atoms with E-state index in [2.05, 4.69) is 10.3 Å². The zero-order valence-electron chi connectivity index (χ0n) is 12.9. The molecule has 0 saturated heterocycles. The monoisotopic (exact) mass is 336 g/mol. The van der Waals surface area contributed by atoms with Gasteiger partial charge in [0.25, 0.3) is 11.5 Å². The summed E-state index contributed by atoms with van der Waals surface area (Å²) in [6.07, 6.45) is 1.40. The van der Waals surface area contributed by atoms with Gasteiger partial charge in [-0.1, -0.05) is 35.5 Å². The fourth-order valence-corrected chi connectivity index (χ4v) is 2.23. The second kappa shape index (κ2) is 6.83. The van der Waals surface area contributed by atoms with Crippen molar-refractivity contribution in [1.29, 1.82) is 0 Å². The molecule has 0 saturated carbocycles. The summed E-state index contributed by atoms with van der Waals surface area (Å²) in [4.78, 5) is 34.5. The number of carbonyl (C=O) groups is 2. The van der Waals surface area contributed by atoms with Gasteiger partial charge in [0.2, 0.25) is 5.78 Å².